The van der Waals surface area contributed by atoms with Crippen LogP contribution in [0.1, 0.15) is 0 Å². The molecule has 14 heavy (non-hydrogen) atoms. The lowest BCUT2D eigenvalue weighted by Crippen LogP contribution is -1.98. The number of aromatic nitrogens is 2. The van der Waals surface area contributed by atoms with Gasteiger partial charge in [-0.3, -0.25) is 0 Å². The Hall–Kier alpha value is -1.36. The predicted molar refractivity (Wildman–Crippen MR) is 55.7 cm³/mol. The van der Waals surface area contributed by atoms with Gasteiger partial charge in [-0.25, -0.2) is 14.4 Å². The molecule has 0 saturated carbocycles. The predicted octanol–water partition coefficient (Wildman–Crippen LogP) is 2.07. The van der Waals surface area contributed by atoms with Crippen LogP contribution in [0.15, 0.2) is 23.2 Å². The summed E-state index contributed by atoms with van der Waals surface area (Å²) in [6.07, 6.45) is 1.85. The molecule has 0 fully saturated rings. The first-order valence-corrected chi connectivity index (χ1v) is 5.20. The Balaban J connectivity index is 2.79. The lowest BCUT2D eigenvalue weighted by atomic mass is 10.3. The van der Waals surface area contributed by atoms with Crippen molar-refractivity contribution in [2.75, 3.05) is 12.0 Å². The van der Waals surface area contributed by atoms with Crippen LogP contribution >= 0.6 is 11.8 Å². The smallest absolute Gasteiger partial charge is 0.156 e. The monoisotopic (exact) mass is 209 g/mol. The normalized spacial score (nSPS) is 10.7. The number of halogens is 1. The number of benzene rings is 1. The number of nitrogens with zero attached hydrogens (tertiary/aromatic N) is 2. The van der Waals surface area contributed by atoms with E-state index in [1.807, 2.05) is 6.26 Å². The van der Waals surface area contributed by atoms with Gasteiger partial charge in [-0.15, -0.1) is 11.8 Å². The lowest BCUT2D eigenvalue weighted by Gasteiger charge is -2.03. The third kappa shape index (κ3) is 1.39. The Morgan fingerprint density at radius 1 is 1.36 bits per heavy atom. The maximum Gasteiger partial charge on any atom is 0.156 e. The Morgan fingerprint density at radius 2 is 2.14 bits per heavy atom. The van der Waals surface area contributed by atoms with Gasteiger partial charge in [-0.1, -0.05) is 6.07 Å². The molecule has 2 rings (SSSR count). The Kier molecular flexibility index (Phi) is 2.25. The minimum atomic E-state index is -0.394. The zero-order valence-corrected chi connectivity index (χ0v) is 8.31. The molecule has 3 nitrogen and oxygen atoms in total. The van der Waals surface area contributed by atoms with Gasteiger partial charge in [-0.05, 0) is 18.4 Å². The van der Waals surface area contributed by atoms with Gasteiger partial charge in [0.05, 0.1) is 5.52 Å². The number of para-hydroxylation sites is 1. The van der Waals surface area contributed by atoms with Gasteiger partial charge in [0, 0.05) is 0 Å². The van der Waals surface area contributed by atoms with Crippen LogP contribution in [0.5, 0.6) is 0 Å². The van der Waals surface area contributed by atoms with E-state index < -0.39 is 5.82 Å². The second-order valence-electron chi connectivity index (χ2n) is 2.73. The minimum Gasteiger partial charge on any atom is -0.381 e. The zero-order valence-electron chi connectivity index (χ0n) is 7.49. The van der Waals surface area contributed by atoms with Crippen LogP contribution in [-0.2, 0) is 0 Å². The van der Waals surface area contributed by atoms with Crippen molar-refractivity contribution in [2.45, 2.75) is 5.03 Å². The van der Waals surface area contributed by atoms with Crippen molar-refractivity contribution in [1.29, 1.82) is 0 Å². The highest BCUT2D eigenvalue weighted by atomic mass is 32.2. The molecule has 1 heterocycles. The summed E-state index contributed by atoms with van der Waals surface area (Å²) in [6, 6.07) is 4.66. The van der Waals surface area contributed by atoms with Gasteiger partial charge in [0.2, 0.25) is 0 Å². The van der Waals surface area contributed by atoms with Crippen LogP contribution in [-0.4, -0.2) is 16.2 Å². The summed E-state index contributed by atoms with van der Waals surface area (Å²) in [6.45, 7) is 0. The van der Waals surface area contributed by atoms with Crippen molar-refractivity contribution >= 4 is 28.6 Å². The topological polar surface area (TPSA) is 51.8 Å². The van der Waals surface area contributed by atoms with Crippen molar-refractivity contribution in [2.24, 2.45) is 0 Å². The van der Waals surface area contributed by atoms with E-state index in [2.05, 4.69) is 9.97 Å². The highest BCUT2D eigenvalue weighted by Gasteiger charge is 2.07. The first kappa shape index (κ1) is 9.21. The van der Waals surface area contributed by atoms with Gasteiger partial charge < -0.3 is 5.73 Å². The summed E-state index contributed by atoms with van der Waals surface area (Å²) in [5.41, 5.74) is 6.36. The number of nitrogens with two attached hydrogens (primary N) is 1. The van der Waals surface area contributed by atoms with Crippen LogP contribution in [0.3, 0.4) is 0 Å². The van der Waals surface area contributed by atoms with Gasteiger partial charge in [0.1, 0.15) is 10.5 Å². The van der Waals surface area contributed by atoms with E-state index in [1.54, 1.807) is 12.1 Å². The molecular weight excluding hydrogens is 201 g/mol. The Bertz CT molecular complexity index is 487. The molecular formula is C9H8FN3S. The molecule has 0 unspecified atom stereocenters. The third-order valence-corrected chi connectivity index (χ3v) is 2.52. The number of anilines is 1. The van der Waals surface area contributed by atoms with Crippen LogP contribution < -0.4 is 5.73 Å². The lowest BCUT2D eigenvalue weighted by molar-refractivity contribution is 0.636. The Morgan fingerprint density at radius 3 is 2.86 bits per heavy atom. The van der Waals surface area contributed by atoms with Gasteiger partial charge in [0.15, 0.2) is 11.6 Å². The molecule has 0 amide bonds. The molecule has 0 aliphatic carbocycles. The van der Waals surface area contributed by atoms with E-state index in [-0.39, 0.29) is 11.3 Å². The van der Waals surface area contributed by atoms with Crippen LogP contribution in [0.2, 0.25) is 0 Å². The number of rotatable bonds is 1. The molecule has 1 aromatic carbocycles. The standard InChI is InChI=1S/C9H8FN3S/c1-14-9-8(11)13-7-5(10)3-2-4-6(7)12-9/h2-4H,1H3,(H2,11,13). The number of hydrogen-bond donors (Lipinski definition) is 1. The van der Waals surface area contributed by atoms with Crippen molar-refractivity contribution in [3.05, 3.63) is 24.0 Å². The quantitative estimate of drug-likeness (QED) is 0.730. The number of hydrogen-bond acceptors (Lipinski definition) is 4. The van der Waals surface area contributed by atoms with Gasteiger partial charge in [0.25, 0.3) is 0 Å². The average Bonchev–Trinajstić information content (AvgIpc) is 2.19. The molecule has 1 aromatic heterocycles. The van der Waals surface area contributed by atoms with E-state index in [0.717, 1.165) is 0 Å². The summed E-state index contributed by atoms with van der Waals surface area (Å²) < 4.78 is 13.2. The molecule has 5 heteroatoms. The fourth-order valence-corrected chi connectivity index (χ4v) is 1.63. The molecule has 0 bridgehead atoms. The second kappa shape index (κ2) is 3.42. The second-order valence-corrected chi connectivity index (χ2v) is 3.52. The molecule has 2 N–H and O–H groups in total. The van der Waals surface area contributed by atoms with Crippen molar-refractivity contribution in [1.82, 2.24) is 9.97 Å². The maximum atomic E-state index is 13.2. The molecule has 0 radical (unpaired) electrons. The van der Waals surface area contributed by atoms with Gasteiger partial charge >= 0.3 is 0 Å². The first-order valence-electron chi connectivity index (χ1n) is 3.98. The highest BCUT2D eigenvalue weighted by Crippen LogP contribution is 2.22. The van der Waals surface area contributed by atoms with E-state index in [0.29, 0.717) is 10.5 Å². The fraction of sp³-hybridized carbons (Fsp3) is 0.111. The number of fused-ring (bicyclic) bond motifs is 1. The van der Waals surface area contributed by atoms with E-state index >= 15 is 0 Å². The van der Waals surface area contributed by atoms with Crippen LogP contribution in [0, 0.1) is 5.82 Å². The molecule has 0 aliphatic rings. The highest BCUT2D eigenvalue weighted by molar-refractivity contribution is 7.98. The summed E-state index contributed by atoms with van der Waals surface area (Å²) >= 11 is 1.40. The third-order valence-electron chi connectivity index (χ3n) is 1.83. The molecule has 0 aliphatic heterocycles. The molecule has 2 aromatic rings. The minimum absolute atomic E-state index is 0.225. The van der Waals surface area contributed by atoms with Gasteiger partial charge in [-0.2, -0.15) is 0 Å². The Labute approximate surface area is 84.5 Å². The first-order chi connectivity index (χ1) is 6.72. The molecule has 0 atom stereocenters. The maximum absolute atomic E-state index is 13.2. The van der Waals surface area contributed by atoms with Crippen molar-refractivity contribution in [3.63, 3.8) is 0 Å². The summed E-state index contributed by atoms with van der Waals surface area (Å²) in [5.74, 6) is -0.121. The SMILES string of the molecule is CSc1nc2cccc(F)c2nc1N. The summed E-state index contributed by atoms with van der Waals surface area (Å²) in [7, 11) is 0. The molecule has 0 saturated heterocycles. The van der Waals surface area contributed by atoms with E-state index in [1.165, 1.54) is 17.8 Å². The zero-order chi connectivity index (χ0) is 10.1. The van der Waals surface area contributed by atoms with Crippen molar-refractivity contribution in [3.8, 4) is 0 Å². The summed E-state index contributed by atoms with van der Waals surface area (Å²) in [4.78, 5) is 8.15. The number of thioether (sulfide) groups is 1. The summed E-state index contributed by atoms with van der Waals surface area (Å²) in [5, 5.41) is 0.628. The molecule has 72 valence electrons. The van der Waals surface area contributed by atoms with Crippen molar-refractivity contribution < 1.29 is 4.39 Å². The van der Waals surface area contributed by atoms with E-state index in [4.69, 9.17) is 5.73 Å². The fourth-order valence-electron chi connectivity index (χ4n) is 1.19. The number of nitrogen functional groups attached to an aromatic ring is 1. The average molecular weight is 209 g/mol. The van der Waals surface area contributed by atoms with E-state index in [9.17, 15) is 4.39 Å². The van der Waals surface area contributed by atoms with Crippen LogP contribution in [0.4, 0.5) is 10.2 Å². The largest absolute Gasteiger partial charge is 0.381 e. The van der Waals surface area contributed by atoms with Crippen LogP contribution in [0.25, 0.3) is 11.0 Å². The molecule has 0 spiro atoms.